The van der Waals surface area contributed by atoms with E-state index in [0.717, 1.165) is 16.7 Å². The lowest BCUT2D eigenvalue weighted by atomic mass is 10.0. The Morgan fingerprint density at radius 2 is 2.08 bits per heavy atom. The van der Waals surface area contributed by atoms with Crippen molar-refractivity contribution in [3.05, 3.63) is 48.3 Å². The number of carbonyl (C=O) groups is 2. The van der Waals surface area contributed by atoms with Crippen LogP contribution in [0.5, 0.6) is 0 Å². The van der Waals surface area contributed by atoms with E-state index in [-0.39, 0.29) is 11.8 Å². The van der Waals surface area contributed by atoms with E-state index in [1.54, 1.807) is 19.3 Å². The Morgan fingerprint density at radius 3 is 2.72 bits per heavy atom. The van der Waals surface area contributed by atoms with Crippen molar-refractivity contribution in [1.82, 2.24) is 4.98 Å². The molecule has 1 aromatic heterocycles. The minimum absolute atomic E-state index is 0.198. The molecular formula is C19H20N2O4. The third-order valence-electron chi connectivity index (χ3n) is 4.44. The summed E-state index contributed by atoms with van der Waals surface area (Å²) in [5.41, 5.74) is 3.50. The molecule has 0 spiro atoms. The first kappa shape index (κ1) is 17.1. The number of carboxylic acids is 1. The van der Waals surface area contributed by atoms with E-state index < -0.39 is 18.2 Å². The SMILES string of the molecule is Cc1ccc(-c2cccnc2)cc1NC(=O)[C@H]1C[C@@H](C)[C@H](C(=O)O)O1. The molecule has 130 valence electrons. The maximum Gasteiger partial charge on any atom is 0.333 e. The van der Waals surface area contributed by atoms with Crippen molar-refractivity contribution < 1.29 is 19.4 Å². The number of amides is 1. The summed E-state index contributed by atoms with van der Waals surface area (Å²) in [5, 5.41) is 12.0. The summed E-state index contributed by atoms with van der Waals surface area (Å²) >= 11 is 0. The molecule has 1 saturated heterocycles. The zero-order valence-electron chi connectivity index (χ0n) is 14.1. The Bertz CT molecular complexity index is 791. The van der Waals surface area contributed by atoms with Crippen molar-refractivity contribution >= 4 is 17.6 Å². The summed E-state index contributed by atoms with van der Waals surface area (Å²) in [4.78, 5) is 27.7. The van der Waals surface area contributed by atoms with Gasteiger partial charge in [0, 0.05) is 23.6 Å². The van der Waals surface area contributed by atoms with Gasteiger partial charge in [-0.25, -0.2) is 4.79 Å². The molecule has 6 heteroatoms. The fourth-order valence-electron chi connectivity index (χ4n) is 2.98. The monoisotopic (exact) mass is 340 g/mol. The molecule has 1 aromatic carbocycles. The summed E-state index contributed by atoms with van der Waals surface area (Å²) in [6, 6.07) is 9.58. The second-order valence-electron chi connectivity index (χ2n) is 6.36. The Morgan fingerprint density at radius 1 is 1.28 bits per heavy atom. The molecular weight excluding hydrogens is 320 g/mol. The number of ether oxygens (including phenoxy) is 1. The quantitative estimate of drug-likeness (QED) is 0.893. The first-order chi connectivity index (χ1) is 12.0. The van der Waals surface area contributed by atoms with Crippen LogP contribution in [0, 0.1) is 12.8 Å². The lowest BCUT2D eigenvalue weighted by Crippen LogP contribution is -2.30. The summed E-state index contributed by atoms with van der Waals surface area (Å²) in [6.07, 6.45) is 2.17. The van der Waals surface area contributed by atoms with Gasteiger partial charge in [0.15, 0.2) is 6.10 Å². The highest BCUT2D eigenvalue weighted by molar-refractivity contribution is 5.96. The number of rotatable bonds is 4. The van der Waals surface area contributed by atoms with Crippen molar-refractivity contribution in [2.75, 3.05) is 5.32 Å². The number of anilines is 1. The molecule has 1 aliphatic rings. The minimum atomic E-state index is -1.03. The molecule has 3 rings (SSSR count). The van der Waals surface area contributed by atoms with Gasteiger partial charge >= 0.3 is 5.97 Å². The van der Waals surface area contributed by atoms with Crippen LogP contribution in [0.25, 0.3) is 11.1 Å². The number of benzene rings is 1. The van der Waals surface area contributed by atoms with Gasteiger partial charge in [-0.05, 0) is 42.5 Å². The number of aromatic nitrogens is 1. The largest absolute Gasteiger partial charge is 0.479 e. The molecule has 2 heterocycles. The molecule has 0 aliphatic carbocycles. The molecule has 6 nitrogen and oxygen atoms in total. The van der Waals surface area contributed by atoms with Crippen molar-refractivity contribution in [2.45, 2.75) is 32.5 Å². The van der Waals surface area contributed by atoms with Crippen LogP contribution in [0.4, 0.5) is 5.69 Å². The first-order valence-corrected chi connectivity index (χ1v) is 8.16. The number of hydrogen-bond donors (Lipinski definition) is 2. The number of carbonyl (C=O) groups excluding carboxylic acids is 1. The molecule has 0 unspecified atom stereocenters. The van der Waals surface area contributed by atoms with Gasteiger partial charge in [-0.15, -0.1) is 0 Å². The summed E-state index contributed by atoms with van der Waals surface area (Å²) in [5.74, 6) is -1.55. The minimum Gasteiger partial charge on any atom is -0.479 e. The summed E-state index contributed by atoms with van der Waals surface area (Å²) in [7, 11) is 0. The molecule has 1 amide bonds. The van der Waals surface area contributed by atoms with E-state index in [4.69, 9.17) is 9.84 Å². The molecule has 2 aromatic rings. The highest BCUT2D eigenvalue weighted by Gasteiger charge is 2.40. The highest BCUT2D eigenvalue weighted by atomic mass is 16.5. The van der Waals surface area contributed by atoms with E-state index in [2.05, 4.69) is 10.3 Å². The highest BCUT2D eigenvalue weighted by Crippen LogP contribution is 2.29. The predicted octanol–water partition coefficient (Wildman–Crippen LogP) is 2.87. The third kappa shape index (κ3) is 3.69. The number of nitrogens with zero attached hydrogens (tertiary/aromatic N) is 1. The summed E-state index contributed by atoms with van der Waals surface area (Å²) in [6.45, 7) is 3.68. The number of aryl methyl sites for hydroxylation is 1. The van der Waals surface area contributed by atoms with Crippen LogP contribution in [0.2, 0.25) is 0 Å². The van der Waals surface area contributed by atoms with Crippen molar-refractivity contribution in [1.29, 1.82) is 0 Å². The fraction of sp³-hybridized carbons (Fsp3) is 0.316. The standard InChI is InChI=1S/C19H20N2O4/c1-11-5-6-13(14-4-3-7-20-10-14)9-15(11)21-18(22)16-8-12(2)17(25-16)19(23)24/h3-7,9-10,12,16-17H,8H2,1-2H3,(H,21,22)(H,23,24)/t12-,16-,17-/m1/s1. The van der Waals surface area contributed by atoms with Gasteiger partial charge < -0.3 is 15.2 Å². The molecule has 0 bridgehead atoms. The van der Waals surface area contributed by atoms with E-state index in [1.807, 2.05) is 37.3 Å². The smallest absolute Gasteiger partial charge is 0.333 e. The van der Waals surface area contributed by atoms with E-state index >= 15 is 0 Å². The van der Waals surface area contributed by atoms with Crippen molar-refractivity contribution in [2.24, 2.45) is 5.92 Å². The van der Waals surface area contributed by atoms with E-state index in [0.29, 0.717) is 12.1 Å². The Balaban J connectivity index is 1.77. The Hall–Kier alpha value is -2.73. The topological polar surface area (TPSA) is 88.5 Å². The molecule has 1 fully saturated rings. The van der Waals surface area contributed by atoms with Crippen LogP contribution in [-0.2, 0) is 14.3 Å². The molecule has 1 aliphatic heterocycles. The maximum absolute atomic E-state index is 12.5. The normalized spacial score (nSPS) is 22.6. The van der Waals surface area contributed by atoms with Crippen LogP contribution in [-0.4, -0.2) is 34.2 Å². The average Bonchev–Trinajstić information content (AvgIpc) is 3.00. The zero-order valence-corrected chi connectivity index (χ0v) is 14.1. The van der Waals surface area contributed by atoms with E-state index in [1.165, 1.54) is 0 Å². The molecule has 2 N–H and O–H groups in total. The lowest BCUT2D eigenvalue weighted by molar-refractivity contribution is -0.152. The van der Waals surface area contributed by atoms with Crippen LogP contribution >= 0.6 is 0 Å². The number of carboxylic acid groups (broad SMARTS) is 1. The number of nitrogens with one attached hydrogen (secondary N) is 1. The predicted molar refractivity (Wildman–Crippen MR) is 93.1 cm³/mol. The number of hydrogen-bond acceptors (Lipinski definition) is 4. The maximum atomic E-state index is 12.5. The fourth-order valence-corrected chi connectivity index (χ4v) is 2.98. The van der Waals surface area contributed by atoms with Gasteiger partial charge in [0.2, 0.25) is 0 Å². The van der Waals surface area contributed by atoms with Gasteiger partial charge in [-0.3, -0.25) is 9.78 Å². The molecule has 0 radical (unpaired) electrons. The first-order valence-electron chi connectivity index (χ1n) is 8.16. The Labute approximate surface area is 145 Å². The average molecular weight is 340 g/mol. The number of pyridine rings is 1. The van der Waals surface area contributed by atoms with Crippen LogP contribution in [0.15, 0.2) is 42.7 Å². The molecule has 25 heavy (non-hydrogen) atoms. The van der Waals surface area contributed by atoms with Crippen molar-refractivity contribution in [3.63, 3.8) is 0 Å². The van der Waals surface area contributed by atoms with Gasteiger partial charge in [-0.2, -0.15) is 0 Å². The second-order valence-corrected chi connectivity index (χ2v) is 6.36. The van der Waals surface area contributed by atoms with Gasteiger partial charge in [-0.1, -0.05) is 25.1 Å². The van der Waals surface area contributed by atoms with Crippen molar-refractivity contribution in [3.8, 4) is 11.1 Å². The van der Waals surface area contributed by atoms with E-state index in [9.17, 15) is 9.59 Å². The van der Waals surface area contributed by atoms with Gasteiger partial charge in [0.25, 0.3) is 5.91 Å². The molecule has 0 saturated carbocycles. The van der Waals surface area contributed by atoms with Crippen LogP contribution in [0.3, 0.4) is 0 Å². The molecule has 3 atom stereocenters. The van der Waals surface area contributed by atoms with Crippen LogP contribution < -0.4 is 5.32 Å². The van der Waals surface area contributed by atoms with Crippen LogP contribution in [0.1, 0.15) is 18.9 Å². The Kier molecular flexibility index (Phi) is 4.81. The third-order valence-corrected chi connectivity index (χ3v) is 4.44. The van der Waals surface area contributed by atoms with Gasteiger partial charge in [0.1, 0.15) is 6.10 Å². The van der Waals surface area contributed by atoms with Gasteiger partial charge in [0.05, 0.1) is 0 Å². The zero-order chi connectivity index (χ0) is 18.0. The summed E-state index contributed by atoms with van der Waals surface area (Å²) < 4.78 is 5.40. The lowest BCUT2D eigenvalue weighted by Gasteiger charge is -2.14. The number of aliphatic carboxylic acids is 1. The second kappa shape index (κ2) is 7.03.